The number of aryl methyl sites for hydroxylation is 1. The minimum atomic E-state index is -2.80. The Balaban J connectivity index is 2.22. The third-order valence-electron chi connectivity index (χ3n) is 4.94. The van der Waals surface area contributed by atoms with Crippen molar-refractivity contribution in [3.8, 4) is 28.3 Å². The van der Waals surface area contributed by atoms with Crippen molar-refractivity contribution in [1.29, 1.82) is 0 Å². The summed E-state index contributed by atoms with van der Waals surface area (Å²) in [4.78, 5) is 16.5. The molecule has 11 heteroatoms. The number of anilines is 1. The molecule has 0 saturated carbocycles. The summed E-state index contributed by atoms with van der Waals surface area (Å²) in [6, 6.07) is 8.34. The lowest BCUT2D eigenvalue weighted by molar-refractivity contribution is 0.146. The summed E-state index contributed by atoms with van der Waals surface area (Å²) in [5.41, 5.74) is 8.29. The van der Waals surface area contributed by atoms with Crippen molar-refractivity contribution in [3.63, 3.8) is 0 Å². The Morgan fingerprint density at radius 2 is 1.76 bits per heavy atom. The van der Waals surface area contributed by atoms with Crippen LogP contribution in [0.1, 0.15) is 31.2 Å². The second-order valence-electron chi connectivity index (χ2n) is 7.23. The van der Waals surface area contributed by atoms with Crippen LogP contribution in [0, 0.1) is 12.7 Å². The fraction of sp³-hybridized carbons (Fsp3) is 0.261. The average Bonchev–Trinajstić information content (AvgIpc) is 2.81. The van der Waals surface area contributed by atoms with Gasteiger partial charge in [0.05, 0.1) is 17.0 Å². The lowest BCUT2D eigenvalue weighted by Gasteiger charge is -2.17. The largest absolute Gasteiger partial charge is 0.470 e. The smallest absolute Gasteiger partial charge is 0.280 e. The SMILES string of the molecule is CCC(=NC)/C(COc1nc(N)nc(-c2ccc(F)cc2)c1-c1cc(C)nc(C(F)F)c1)=N\N. The molecule has 0 unspecified atom stereocenters. The molecule has 2 heterocycles. The van der Waals surface area contributed by atoms with Crippen LogP contribution in [-0.2, 0) is 0 Å². The molecule has 178 valence electrons. The molecule has 0 amide bonds. The minimum Gasteiger partial charge on any atom is -0.470 e. The molecule has 0 radical (unpaired) electrons. The zero-order valence-electron chi connectivity index (χ0n) is 18.9. The molecule has 4 N–H and O–H groups in total. The molecule has 34 heavy (non-hydrogen) atoms. The number of aromatic nitrogens is 3. The van der Waals surface area contributed by atoms with E-state index in [4.69, 9.17) is 16.3 Å². The number of aliphatic imine (C=N–C) groups is 1. The number of hydrogen-bond acceptors (Lipinski definition) is 8. The van der Waals surface area contributed by atoms with Gasteiger partial charge in [-0.15, -0.1) is 0 Å². The Morgan fingerprint density at radius 1 is 1.06 bits per heavy atom. The van der Waals surface area contributed by atoms with Crippen LogP contribution in [0.25, 0.3) is 22.4 Å². The van der Waals surface area contributed by atoms with Crippen molar-refractivity contribution in [1.82, 2.24) is 15.0 Å². The first-order valence-electron chi connectivity index (χ1n) is 10.3. The third-order valence-corrected chi connectivity index (χ3v) is 4.94. The van der Waals surface area contributed by atoms with Crippen LogP contribution >= 0.6 is 0 Å². The van der Waals surface area contributed by atoms with Gasteiger partial charge in [0.25, 0.3) is 6.43 Å². The molecule has 3 aromatic rings. The molecule has 0 spiro atoms. The van der Waals surface area contributed by atoms with E-state index in [2.05, 4.69) is 25.0 Å². The number of nitrogens with two attached hydrogens (primary N) is 2. The summed E-state index contributed by atoms with van der Waals surface area (Å²) >= 11 is 0. The van der Waals surface area contributed by atoms with E-state index in [0.29, 0.717) is 34.7 Å². The zero-order valence-corrected chi connectivity index (χ0v) is 18.9. The van der Waals surface area contributed by atoms with Gasteiger partial charge in [-0.3, -0.25) is 9.98 Å². The van der Waals surface area contributed by atoms with Crippen molar-refractivity contribution < 1.29 is 17.9 Å². The van der Waals surface area contributed by atoms with Crippen LogP contribution < -0.4 is 16.3 Å². The molecular weight excluding hydrogens is 447 g/mol. The summed E-state index contributed by atoms with van der Waals surface area (Å²) in [5.74, 6) is 4.97. The highest BCUT2D eigenvalue weighted by Gasteiger charge is 2.22. The predicted octanol–water partition coefficient (Wildman–Crippen LogP) is 4.35. The number of ether oxygens (including phenoxy) is 1. The van der Waals surface area contributed by atoms with E-state index >= 15 is 0 Å². The summed E-state index contributed by atoms with van der Waals surface area (Å²) in [7, 11) is 1.61. The van der Waals surface area contributed by atoms with Gasteiger partial charge in [0, 0.05) is 18.3 Å². The molecule has 0 saturated heterocycles. The molecule has 0 bridgehead atoms. The van der Waals surface area contributed by atoms with E-state index in [1.807, 2.05) is 6.92 Å². The molecule has 0 aliphatic heterocycles. The second kappa shape index (κ2) is 10.7. The van der Waals surface area contributed by atoms with Gasteiger partial charge in [0.2, 0.25) is 11.8 Å². The van der Waals surface area contributed by atoms with E-state index in [0.717, 1.165) is 0 Å². The van der Waals surface area contributed by atoms with Crippen molar-refractivity contribution in [2.75, 3.05) is 19.4 Å². The highest BCUT2D eigenvalue weighted by molar-refractivity contribution is 6.42. The van der Waals surface area contributed by atoms with E-state index in [1.54, 1.807) is 20.0 Å². The average molecular weight is 471 g/mol. The fourth-order valence-electron chi connectivity index (χ4n) is 3.41. The normalized spacial score (nSPS) is 12.3. The first kappa shape index (κ1) is 24.6. The lowest BCUT2D eigenvalue weighted by atomic mass is 9.99. The Kier molecular flexibility index (Phi) is 7.77. The number of nitrogens with zero attached hydrogens (tertiary/aromatic N) is 5. The maximum atomic E-state index is 13.6. The van der Waals surface area contributed by atoms with Crippen LogP contribution in [0.2, 0.25) is 0 Å². The molecule has 8 nitrogen and oxygen atoms in total. The Morgan fingerprint density at radius 3 is 2.35 bits per heavy atom. The summed E-state index contributed by atoms with van der Waals surface area (Å²) < 4.78 is 46.5. The van der Waals surface area contributed by atoms with Gasteiger partial charge < -0.3 is 16.3 Å². The fourth-order valence-corrected chi connectivity index (χ4v) is 3.41. The third kappa shape index (κ3) is 5.48. The molecule has 0 aliphatic carbocycles. The van der Waals surface area contributed by atoms with Gasteiger partial charge in [-0.25, -0.2) is 18.2 Å². The topological polar surface area (TPSA) is 125 Å². The van der Waals surface area contributed by atoms with Gasteiger partial charge in [-0.2, -0.15) is 10.1 Å². The number of pyridine rings is 1. The number of hydrazone groups is 1. The van der Waals surface area contributed by atoms with Gasteiger partial charge >= 0.3 is 0 Å². The highest BCUT2D eigenvalue weighted by Crippen LogP contribution is 2.39. The van der Waals surface area contributed by atoms with Crippen LogP contribution in [0.4, 0.5) is 19.1 Å². The number of benzene rings is 1. The van der Waals surface area contributed by atoms with E-state index in [9.17, 15) is 13.2 Å². The van der Waals surface area contributed by atoms with Crippen LogP contribution in [0.15, 0.2) is 46.5 Å². The predicted molar refractivity (Wildman–Crippen MR) is 126 cm³/mol. The zero-order chi connectivity index (χ0) is 24.8. The monoisotopic (exact) mass is 471 g/mol. The van der Waals surface area contributed by atoms with Crippen LogP contribution in [0.3, 0.4) is 0 Å². The van der Waals surface area contributed by atoms with Crippen LogP contribution in [-0.4, -0.2) is 40.0 Å². The standard InChI is InChI=1S/C23H24F3N7O/c1-4-16(29-3)18(33-28)11-34-22-19(14-9-12(2)30-17(10-14)21(25)26)20(31-23(27)32-22)13-5-7-15(24)8-6-13/h5-10,21H,4,11,28H2,1-3H3,(H2,27,31,32)/b29-16?,33-18-. The molecule has 2 aromatic heterocycles. The molecule has 0 atom stereocenters. The summed E-state index contributed by atoms with van der Waals surface area (Å²) in [6.45, 7) is 3.38. The van der Waals surface area contributed by atoms with Gasteiger partial charge in [-0.1, -0.05) is 6.92 Å². The van der Waals surface area contributed by atoms with Gasteiger partial charge in [-0.05, 0) is 55.3 Å². The minimum absolute atomic E-state index is 0.0188. The molecule has 0 aliphatic rings. The van der Waals surface area contributed by atoms with Gasteiger partial charge in [0.15, 0.2) is 0 Å². The summed E-state index contributed by atoms with van der Waals surface area (Å²) in [6.07, 6.45) is -2.23. The summed E-state index contributed by atoms with van der Waals surface area (Å²) in [5, 5.41) is 3.75. The highest BCUT2D eigenvalue weighted by atomic mass is 19.3. The van der Waals surface area contributed by atoms with Crippen LogP contribution in [0.5, 0.6) is 5.88 Å². The van der Waals surface area contributed by atoms with Crippen molar-refractivity contribution in [2.24, 2.45) is 15.9 Å². The van der Waals surface area contributed by atoms with Crippen molar-refractivity contribution in [3.05, 3.63) is 53.6 Å². The van der Waals surface area contributed by atoms with Crippen molar-refractivity contribution >= 4 is 17.4 Å². The number of nitrogen functional groups attached to an aromatic ring is 1. The van der Waals surface area contributed by atoms with E-state index in [-0.39, 0.29) is 29.7 Å². The maximum absolute atomic E-state index is 13.6. The number of halogens is 3. The number of alkyl halides is 2. The Bertz CT molecular complexity index is 1230. The Labute approximate surface area is 194 Å². The molecular formula is C23H24F3N7O. The first-order chi connectivity index (χ1) is 16.3. The number of hydrogen-bond donors (Lipinski definition) is 2. The van der Waals surface area contributed by atoms with Gasteiger partial charge in [0.1, 0.15) is 23.8 Å². The van der Waals surface area contributed by atoms with E-state index in [1.165, 1.54) is 30.3 Å². The molecule has 0 fully saturated rings. The quantitative estimate of drug-likeness (QED) is 0.286. The lowest BCUT2D eigenvalue weighted by Crippen LogP contribution is -2.24. The van der Waals surface area contributed by atoms with E-state index < -0.39 is 17.9 Å². The maximum Gasteiger partial charge on any atom is 0.280 e. The number of rotatable bonds is 8. The second-order valence-corrected chi connectivity index (χ2v) is 7.23. The molecule has 3 rings (SSSR count). The first-order valence-corrected chi connectivity index (χ1v) is 10.3. The molecule has 1 aromatic carbocycles. The Hall–Kier alpha value is -4.02. The van der Waals surface area contributed by atoms with Crippen molar-refractivity contribution in [2.45, 2.75) is 26.7 Å².